The van der Waals surface area contributed by atoms with Gasteiger partial charge in [-0.1, -0.05) is 0 Å². The molecule has 0 aromatic rings. The van der Waals surface area contributed by atoms with E-state index < -0.39 is 0 Å². The fraction of sp³-hybridized carbons (Fsp3) is 0. The molecule has 0 atom stereocenters. The van der Waals surface area contributed by atoms with Gasteiger partial charge in [0.2, 0.25) is 0 Å². The van der Waals surface area contributed by atoms with Crippen LogP contribution in [0.25, 0.3) is 0 Å². The summed E-state index contributed by atoms with van der Waals surface area (Å²) >= 11 is 0. The molecule has 0 radical (unpaired) electrons. The molecule has 9 heteroatoms. The molecule has 0 saturated carbocycles. The lowest BCUT2D eigenvalue weighted by atomic mass is 13.7. The highest BCUT2D eigenvalue weighted by Gasteiger charge is 1.90. The normalized spacial score (nSPS) is 15.3. The second kappa shape index (κ2) is 5.93. The summed E-state index contributed by atoms with van der Waals surface area (Å²) in [6, 6.07) is 0. The van der Waals surface area contributed by atoms with E-state index in [1.165, 1.54) is 41.6 Å². The monoisotopic (exact) mass is 227 g/mol. The molecule has 0 rings (SSSR count). The molecule has 0 unspecified atom stereocenters. The van der Waals surface area contributed by atoms with Crippen molar-refractivity contribution in [2.24, 2.45) is 0 Å². The van der Waals surface area contributed by atoms with Gasteiger partial charge in [0.1, 0.15) is 19.7 Å². The first kappa shape index (κ1) is 10.2. The summed E-state index contributed by atoms with van der Waals surface area (Å²) in [5.41, 5.74) is 0. The van der Waals surface area contributed by atoms with E-state index in [0.29, 0.717) is 0 Å². The highest BCUT2D eigenvalue weighted by atomic mass is 28.4. The van der Waals surface area contributed by atoms with Crippen LogP contribution in [0.3, 0.4) is 0 Å². The average molecular weight is 228 g/mol. The zero-order valence-corrected chi connectivity index (χ0v) is 17.6. The Morgan fingerprint density at radius 3 is 1.44 bits per heavy atom. The predicted molar refractivity (Wildman–Crippen MR) is 63.7 cm³/mol. The number of rotatable bonds is 4. The van der Waals surface area contributed by atoms with Crippen LogP contribution in [-0.4, -0.2) is 69.1 Å². The second-order valence-corrected chi connectivity index (χ2v) is 22.6. The molecule has 9 heavy (non-hydrogen) atoms. The molecule has 0 spiro atoms. The van der Waals surface area contributed by atoms with Crippen LogP contribution in [0.15, 0.2) is 0 Å². The van der Waals surface area contributed by atoms with Crippen LogP contribution < -0.4 is 4.65 Å². The molecule has 0 fully saturated rings. The van der Waals surface area contributed by atoms with E-state index in [0.717, 1.165) is 0 Å². The lowest BCUT2D eigenvalue weighted by molar-refractivity contribution is 1.07. The lowest BCUT2D eigenvalue weighted by Crippen LogP contribution is -2.43. The van der Waals surface area contributed by atoms with Gasteiger partial charge in [0.15, 0.2) is 0 Å². The van der Waals surface area contributed by atoms with Crippen molar-refractivity contribution < 1.29 is 0 Å². The van der Waals surface area contributed by atoms with Gasteiger partial charge in [0, 0.05) is 0 Å². The molecular formula is H17N3Si6. The quantitative estimate of drug-likeness (QED) is 0.482. The number of nitrogens with zero attached hydrogens (tertiary/aromatic N) is 2. The lowest BCUT2D eigenvalue weighted by Gasteiger charge is -2.14. The van der Waals surface area contributed by atoms with Crippen molar-refractivity contribution in [3.63, 3.8) is 0 Å². The summed E-state index contributed by atoms with van der Waals surface area (Å²) < 4.78 is 8.82. The van der Waals surface area contributed by atoms with Crippen LogP contribution >= 0.6 is 0 Å². The highest BCUT2D eigenvalue weighted by molar-refractivity contribution is 6.62. The first-order chi connectivity index (χ1) is 4.13. The summed E-state index contributed by atoms with van der Waals surface area (Å²) in [7, 11) is 5.35. The van der Waals surface area contributed by atoms with Crippen LogP contribution in [0.5, 0.6) is 0 Å². The van der Waals surface area contributed by atoms with Gasteiger partial charge >= 0.3 is 0 Å². The highest BCUT2D eigenvalue weighted by Crippen LogP contribution is 1.60. The fourth-order valence-corrected chi connectivity index (χ4v) is 12.5. The maximum atomic E-state index is 3.65. The standard InChI is InChI=1S/H17N3Si6/c4-2(5)8-1-9-3(6)7/h1H,8-9H2,4-7H3. The SMILES string of the molecule is [SiH3]N([SiH3])[SiH2]N[SiH2]N([SiH3])[SiH3]. The zero-order valence-electron chi connectivity index (χ0n) is 6.81. The van der Waals surface area contributed by atoms with Crippen molar-refractivity contribution in [1.82, 2.24) is 12.4 Å². The Labute approximate surface area is 73.9 Å². The van der Waals surface area contributed by atoms with Gasteiger partial charge in [0.25, 0.3) is 0 Å². The van der Waals surface area contributed by atoms with E-state index in [1.54, 1.807) is 0 Å². The van der Waals surface area contributed by atoms with E-state index >= 15 is 0 Å². The average Bonchev–Trinajstić information content (AvgIpc) is 1.63. The van der Waals surface area contributed by atoms with Gasteiger partial charge < -0.3 is 12.4 Å². The predicted octanol–water partition coefficient (Wildman–Crippen LogP) is -7.70. The van der Waals surface area contributed by atoms with Gasteiger partial charge in [-0.25, -0.2) is 0 Å². The van der Waals surface area contributed by atoms with Crippen LogP contribution in [0, 0.1) is 0 Å². The minimum Gasteiger partial charge on any atom is -0.376 e. The van der Waals surface area contributed by atoms with Crippen molar-refractivity contribution in [1.29, 1.82) is 0 Å². The molecule has 1 N–H and O–H groups in total. The van der Waals surface area contributed by atoms with E-state index in [-0.39, 0.29) is 19.7 Å². The molecule has 0 aromatic heterocycles. The summed E-state index contributed by atoms with van der Waals surface area (Å²) in [5, 5.41) is 0. The third-order valence-electron chi connectivity index (χ3n) is 0.856. The Balaban J connectivity index is 2.91. The Hall–Kier alpha value is 1.18. The first-order valence-corrected chi connectivity index (χ1v) is 9.39. The van der Waals surface area contributed by atoms with Crippen LogP contribution in [0.2, 0.25) is 0 Å². The van der Waals surface area contributed by atoms with Crippen molar-refractivity contribution in [2.75, 3.05) is 0 Å². The maximum Gasteiger partial charge on any atom is 0.149 e. The summed E-state index contributed by atoms with van der Waals surface area (Å²) in [6.45, 7) is 0. The van der Waals surface area contributed by atoms with Crippen molar-refractivity contribution in [3.05, 3.63) is 0 Å². The molecule has 0 heterocycles. The Morgan fingerprint density at radius 2 is 1.22 bits per heavy atom. The van der Waals surface area contributed by atoms with Crippen molar-refractivity contribution in [3.8, 4) is 0 Å². The van der Waals surface area contributed by atoms with Gasteiger partial charge in [-0.15, -0.1) is 0 Å². The molecule has 0 amide bonds. The molecular weight excluding hydrogens is 211 g/mol. The van der Waals surface area contributed by atoms with Crippen LogP contribution in [0.4, 0.5) is 0 Å². The smallest absolute Gasteiger partial charge is 0.149 e. The van der Waals surface area contributed by atoms with Gasteiger partial charge in [-0.05, 0) is 0 Å². The summed E-state index contributed by atoms with van der Waals surface area (Å²) in [4.78, 5) is 0. The van der Waals surface area contributed by atoms with Gasteiger partial charge in [-0.3, -0.25) is 0 Å². The summed E-state index contributed by atoms with van der Waals surface area (Å²) in [6.07, 6.45) is 0. The molecule has 0 aromatic carbocycles. The van der Waals surface area contributed by atoms with E-state index in [1.807, 2.05) is 0 Å². The molecule has 0 aliphatic carbocycles. The Kier molecular flexibility index (Phi) is 6.71. The summed E-state index contributed by atoms with van der Waals surface area (Å²) in [5.74, 6) is 0. The van der Waals surface area contributed by atoms with Crippen molar-refractivity contribution >= 4 is 61.3 Å². The van der Waals surface area contributed by atoms with E-state index in [9.17, 15) is 0 Å². The first-order valence-electron chi connectivity index (χ1n) is 3.13. The topological polar surface area (TPSA) is 18.5 Å². The van der Waals surface area contributed by atoms with Gasteiger partial charge in [0.05, 0.1) is 41.6 Å². The minimum absolute atomic E-state index is 0.0746. The number of nitrogens with one attached hydrogen (secondary N) is 1. The van der Waals surface area contributed by atoms with E-state index in [4.69, 9.17) is 0 Å². The van der Waals surface area contributed by atoms with Crippen LogP contribution in [0.1, 0.15) is 0 Å². The van der Waals surface area contributed by atoms with Crippen LogP contribution in [-0.2, 0) is 0 Å². The molecule has 3 nitrogen and oxygen atoms in total. The third-order valence-corrected chi connectivity index (χ3v) is 7.70. The van der Waals surface area contributed by atoms with Crippen molar-refractivity contribution in [2.45, 2.75) is 0 Å². The van der Waals surface area contributed by atoms with E-state index in [2.05, 4.69) is 12.4 Å². The molecule has 56 valence electrons. The molecule has 0 aliphatic rings. The minimum atomic E-state index is 0.0746. The third kappa shape index (κ3) is 9.18. The largest absolute Gasteiger partial charge is 0.376 e. The Bertz CT molecular complexity index is 53.3. The number of hydrogen-bond donors (Lipinski definition) is 1. The Morgan fingerprint density at radius 1 is 0.889 bits per heavy atom. The fourth-order valence-electron chi connectivity index (χ4n) is 0.497. The zero-order chi connectivity index (χ0) is 7.28. The second-order valence-electron chi connectivity index (χ2n) is 2.73. The maximum absolute atomic E-state index is 3.65. The molecule has 0 bridgehead atoms. The molecule has 0 saturated heterocycles. The van der Waals surface area contributed by atoms with Gasteiger partial charge in [-0.2, -0.15) is 0 Å². The number of hydrogen-bond acceptors (Lipinski definition) is 3. The molecule has 0 aliphatic heterocycles.